The molecule has 0 bridgehead atoms. The molecule has 2 heterocycles. The average molecular weight is 731 g/mol. The van der Waals surface area contributed by atoms with Gasteiger partial charge in [-0.2, -0.15) is 0 Å². The molecule has 3 heteroatoms. The van der Waals surface area contributed by atoms with E-state index in [9.17, 15) is 0 Å². The molecule has 0 aliphatic carbocycles. The Morgan fingerprint density at radius 2 is 0.732 bits per heavy atom. The third-order valence-electron chi connectivity index (χ3n) is 11.0. The molecule has 0 unspecified atom stereocenters. The molecule has 0 N–H and O–H groups in total. The number of aromatic nitrogens is 1. The fourth-order valence-electron chi connectivity index (χ4n) is 8.35. The summed E-state index contributed by atoms with van der Waals surface area (Å²) in [4.78, 5) is 10.1. The molecule has 0 radical (unpaired) electrons. The second kappa shape index (κ2) is 13.4. The Balaban J connectivity index is 1.19. The Morgan fingerprint density at radius 3 is 1.29 bits per heavy atom. The van der Waals surface area contributed by atoms with Crippen molar-refractivity contribution in [3.05, 3.63) is 206 Å². The van der Waals surface area contributed by atoms with Gasteiger partial charge in [-0.05, 0) is 115 Å². The van der Waals surface area contributed by atoms with E-state index in [1.807, 2.05) is 11.8 Å². The van der Waals surface area contributed by atoms with Gasteiger partial charge in [-0.1, -0.05) is 157 Å². The molecule has 0 fully saturated rings. The maximum atomic E-state index is 5.23. The summed E-state index contributed by atoms with van der Waals surface area (Å²) in [7, 11) is 0. The van der Waals surface area contributed by atoms with Crippen molar-refractivity contribution in [1.29, 1.82) is 0 Å². The summed E-state index contributed by atoms with van der Waals surface area (Å²) in [6.45, 7) is 0. The number of para-hydroxylation sites is 2. The third kappa shape index (κ3) is 5.56. The largest absolute Gasteiger partial charge is 0.308 e. The molecule has 0 spiro atoms. The van der Waals surface area contributed by atoms with Gasteiger partial charge in [-0.3, -0.25) is 0 Å². The fraction of sp³-hybridized carbons (Fsp3) is 0. The fourth-order valence-corrected chi connectivity index (χ4v) is 9.41. The minimum absolute atomic E-state index is 0.947. The minimum atomic E-state index is 0.947. The molecule has 1 aromatic heterocycles. The molecule has 262 valence electrons. The quantitative estimate of drug-likeness (QED) is 0.164. The lowest BCUT2D eigenvalue weighted by molar-refractivity contribution is 1.17. The normalized spacial score (nSPS) is 12.2. The van der Waals surface area contributed by atoms with Crippen molar-refractivity contribution in [2.75, 3.05) is 4.90 Å². The highest BCUT2D eigenvalue weighted by Crippen LogP contribution is 2.52. The highest BCUT2D eigenvalue weighted by Gasteiger charge is 2.25. The van der Waals surface area contributed by atoms with Crippen LogP contribution in [0.4, 0.5) is 17.1 Å². The predicted octanol–water partition coefficient (Wildman–Crippen LogP) is 15.1. The van der Waals surface area contributed by atoms with Crippen molar-refractivity contribution in [2.45, 2.75) is 9.79 Å². The highest BCUT2D eigenvalue weighted by molar-refractivity contribution is 7.99. The van der Waals surface area contributed by atoms with Gasteiger partial charge in [0.15, 0.2) is 0 Å². The van der Waals surface area contributed by atoms with E-state index in [4.69, 9.17) is 4.98 Å². The number of benzene rings is 9. The van der Waals surface area contributed by atoms with Gasteiger partial charge in [0.05, 0.1) is 22.8 Å². The first kappa shape index (κ1) is 32.5. The molecule has 9 aromatic carbocycles. The molecule has 0 amide bonds. The van der Waals surface area contributed by atoms with Crippen LogP contribution in [0.5, 0.6) is 0 Å². The molecule has 0 saturated carbocycles. The van der Waals surface area contributed by atoms with E-state index in [-0.39, 0.29) is 0 Å². The summed E-state index contributed by atoms with van der Waals surface area (Å²) < 4.78 is 0. The van der Waals surface area contributed by atoms with Crippen LogP contribution in [0.3, 0.4) is 0 Å². The summed E-state index contributed by atoms with van der Waals surface area (Å²) in [6, 6.07) is 74.8. The summed E-state index contributed by atoms with van der Waals surface area (Å²) in [6.07, 6.45) is 0. The Morgan fingerprint density at radius 1 is 0.304 bits per heavy atom. The van der Waals surface area contributed by atoms with Gasteiger partial charge < -0.3 is 4.90 Å². The average Bonchev–Trinajstić information content (AvgIpc) is 3.28. The molecule has 11 rings (SSSR count). The lowest BCUT2D eigenvalue weighted by Crippen LogP contribution is -2.14. The van der Waals surface area contributed by atoms with Crippen LogP contribution in [0.25, 0.3) is 77.1 Å². The second-order valence-electron chi connectivity index (χ2n) is 14.4. The van der Waals surface area contributed by atoms with Crippen molar-refractivity contribution >= 4 is 61.1 Å². The Kier molecular flexibility index (Phi) is 7.78. The Bertz CT molecular complexity index is 2980. The first-order chi connectivity index (χ1) is 27.7. The zero-order valence-electron chi connectivity index (χ0n) is 30.4. The Labute approximate surface area is 330 Å². The molecule has 2 nitrogen and oxygen atoms in total. The van der Waals surface area contributed by atoms with Crippen LogP contribution in [-0.4, -0.2) is 4.98 Å². The van der Waals surface area contributed by atoms with Gasteiger partial charge in [0, 0.05) is 26.6 Å². The number of hydrogen-bond acceptors (Lipinski definition) is 3. The molecule has 0 saturated heterocycles. The number of rotatable bonds is 5. The lowest BCUT2D eigenvalue weighted by Gasteiger charge is -2.33. The molecule has 10 aromatic rings. The van der Waals surface area contributed by atoms with Crippen LogP contribution in [0.15, 0.2) is 216 Å². The molecular weight excluding hydrogens is 697 g/mol. The van der Waals surface area contributed by atoms with Gasteiger partial charge in [0.25, 0.3) is 0 Å². The van der Waals surface area contributed by atoms with Gasteiger partial charge in [-0.15, -0.1) is 0 Å². The van der Waals surface area contributed by atoms with Crippen LogP contribution >= 0.6 is 11.8 Å². The monoisotopic (exact) mass is 730 g/mol. The van der Waals surface area contributed by atoms with E-state index in [0.29, 0.717) is 0 Å². The first-order valence-electron chi connectivity index (χ1n) is 19.0. The van der Waals surface area contributed by atoms with Crippen LogP contribution < -0.4 is 4.90 Å². The van der Waals surface area contributed by atoms with E-state index in [1.54, 1.807) is 0 Å². The van der Waals surface area contributed by atoms with E-state index in [2.05, 4.69) is 211 Å². The zero-order valence-corrected chi connectivity index (χ0v) is 31.2. The molecular formula is C53H34N2S. The van der Waals surface area contributed by atoms with Crippen LogP contribution in [-0.2, 0) is 0 Å². The SMILES string of the molecule is c1ccc(-c2cc(-c3cc(-c4ccc5c6ccccc6c6ccccc6c5c4)cc(N4c5ccccc5Sc5ccccc54)c3)cc(-c3ccccc3)n2)cc1. The van der Waals surface area contributed by atoms with Gasteiger partial charge >= 0.3 is 0 Å². The number of anilines is 3. The van der Waals surface area contributed by atoms with Crippen molar-refractivity contribution < 1.29 is 0 Å². The van der Waals surface area contributed by atoms with Gasteiger partial charge in [0.2, 0.25) is 0 Å². The molecule has 1 aliphatic rings. The van der Waals surface area contributed by atoms with E-state index in [0.717, 1.165) is 44.9 Å². The van der Waals surface area contributed by atoms with Crippen molar-refractivity contribution in [3.63, 3.8) is 0 Å². The lowest BCUT2D eigenvalue weighted by atomic mass is 9.91. The molecule has 56 heavy (non-hydrogen) atoms. The zero-order chi connectivity index (χ0) is 37.0. The summed E-state index contributed by atoms with van der Waals surface area (Å²) in [5, 5.41) is 7.64. The standard InChI is InChI=1S/C53H34N2S/c1-3-15-35(16-4-1)48-33-40(34-49(54-48)36-17-5-2-6-18-36)39-29-38(30-41(31-39)55-50-23-11-13-25-52(50)56-53-26-14-12-24-51(53)55)37-27-28-46-44-21-8-7-19-42(44)43-20-9-10-22-45(43)47(46)32-37/h1-34H. The van der Waals surface area contributed by atoms with Gasteiger partial charge in [-0.25, -0.2) is 4.98 Å². The van der Waals surface area contributed by atoms with Crippen molar-refractivity contribution in [2.24, 2.45) is 0 Å². The van der Waals surface area contributed by atoms with Crippen LogP contribution in [0, 0.1) is 0 Å². The summed E-state index contributed by atoms with van der Waals surface area (Å²) >= 11 is 1.83. The molecule has 1 aliphatic heterocycles. The van der Waals surface area contributed by atoms with E-state index >= 15 is 0 Å². The number of pyridine rings is 1. The van der Waals surface area contributed by atoms with E-state index in [1.165, 1.54) is 59.0 Å². The third-order valence-corrected chi connectivity index (χ3v) is 12.1. The topological polar surface area (TPSA) is 16.1 Å². The summed E-state index contributed by atoms with van der Waals surface area (Å²) in [5.74, 6) is 0. The first-order valence-corrected chi connectivity index (χ1v) is 19.8. The van der Waals surface area contributed by atoms with Gasteiger partial charge in [0.1, 0.15) is 0 Å². The molecule has 0 atom stereocenters. The highest BCUT2D eigenvalue weighted by atomic mass is 32.2. The van der Waals surface area contributed by atoms with E-state index < -0.39 is 0 Å². The second-order valence-corrected chi connectivity index (χ2v) is 15.4. The number of fused-ring (bicyclic) bond motifs is 8. The minimum Gasteiger partial charge on any atom is -0.308 e. The van der Waals surface area contributed by atoms with Crippen LogP contribution in [0.2, 0.25) is 0 Å². The van der Waals surface area contributed by atoms with Crippen molar-refractivity contribution in [3.8, 4) is 44.8 Å². The Hall–Kier alpha value is -6.94. The number of hydrogen-bond donors (Lipinski definition) is 0. The smallest absolute Gasteiger partial charge is 0.0715 e. The van der Waals surface area contributed by atoms with Crippen LogP contribution in [0.1, 0.15) is 0 Å². The van der Waals surface area contributed by atoms with Crippen molar-refractivity contribution in [1.82, 2.24) is 4.98 Å². The predicted molar refractivity (Wildman–Crippen MR) is 237 cm³/mol. The maximum Gasteiger partial charge on any atom is 0.0715 e. The summed E-state index contributed by atoms with van der Waals surface area (Å²) in [5.41, 5.74) is 12.1. The maximum absolute atomic E-state index is 5.23. The number of nitrogens with zero attached hydrogens (tertiary/aromatic N) is 2.